The Balaban J connectivity index is 2.00. The summed E-state index contributed by atoms with van der Waals surface area (Å²) >= 11 is 0. The summed E-state index contributed by atoms with van der Waals surface area (Å²) in [5.41, 5.74) is 4.23. The summed E-state index contributed by atoms with van der Waals surface area (Å²) in [6.07, 6.45) is 4.85. The third kappa shape index (κ3) is 1.98. The molecule has 2 aromatic rings. The highest BCUT2D eigenvalue weighted by Crippen LogP contribution is 2.25. The fraction of sp³-hybridized carbons (Fsp3) is 0.467. The lowest BCUT2D eigenvalue weighted by Crippen LogP contribution is -2.10. The fourth-order valence-corrected chi connectivity index (χ4v) is 2.95. The molecule has 3 rings (SSSR count). The molecule has 1 atom stereocenters. The van der Waals surface area contributed by atoms with Gasteiger partial charge in [0.15, 0.2) is 0 Å². The Morgan fingerprint density at radius 2 is 2.29 bits per heavy atom. The van der Waals surface area contributed by atoms with Gasteiger partial charge in [-0.25, -0.2) is 0 Å². The second-order valence-corrected chi connectivity index (χ2v) is 5.35. The zero-order chi connectivity index (χ0) is 11.8. The van der Waals surface area contributed by atoms with Crippen molar-refractivity contribution in [1.82, 2.24) is 9.88 Å². The number of fused-ring (bicyclic) bond motifs is 1. The first-order chi connectivity index (χ1) is 8.24. The van der Waals surface area contributed by atoms with Crippen LogP contribution in [-0.2, 0) is 13.5 Å². The monoisotopic (exact) mass is 228 g/mol. The van der Waals surface area contributed by atoms with E-state index in [1.165, 1.54) is 48.0 Å². The molecule has 1 unspecified atom stereocenters. The van der Waals surface area contributed by atoms with E-state index in [1.807, 2.05) is 0 Å². The van der Waals surface area contributed by atoms with Gasteiger partial charge in [0, 0.05) is 24.1 Å². The molecule has 0 amide bonds. The fourth-order valence-electron chi connectivity index (χ4n) is 2.95. The summed E-state index contributed by atoms with van der Waals surface area (Å²) in [4.78, 5) is 0. The first kappa shape index (κ1) is 10.8. The lowest BCUT2D eigenvalue weighted by molar-refractivity contribution is 0.581. The Bertz CT molecular complexity index is 533. The molecule has 1 N–H and O–H groups in total. The van der Waals surface area contributed by atoms with E-state index in [1.54, 1.807) is 0 Å². The number of rotatable bonds is 2. The van der Waals surface area contributed by atoms with E-state index in [0.29, 0.717) is 0 Å². The molecular weight excluding hydrogens is 208 g/mol. The van der Waals surface area contributed by atoms with Gasteiger partial charge in [-0.15, -0.1) is 0 Å². The summed E-state index contributed by atoms with van der Waals surface area (Å²) in [7, 11) is 2.15. The maximum atomic E-state index is 3.45. The highest BCUT2D eigenvalue weighted by atomic mass is 14.9. The molecule has 1 aromatic heterocycles. The van der Waals surface area contributed by atoms with E-state index in [9.17, 15) is 0 Å². The van der Waals surface area contributed by atoms with E-state index in [4.69, 9.17) is 0 Å². The van der Waals surface area contributed by atoms with Gasteiger partial charge in [0.1, 0.15) is 0 Å². The van der Waals surface area contributed by atoms with Crippen LogP contribution in [0, 0.1) is 12.8 Å². The summed E-state index contributed by atoms with van der Waals surface area (Å²) in [6, 6.07) is 6.76. The Labute approximate surface area is 103 Å². The third-order valence-electron chi connectivity index (χ3n) is 3.90. The molecule has 1 saturated heterocycles. The number of benzene rings is 1. The number of hydrogen-bond donors (Lipinski definition) is 1. The SMILES string of the molecule is Cc1ccc2c(c1)c(CC1CCNC1)cn2C. The predicted molar refractivity (Wildman–Crippen MR) is 72.3 cm³/mol. The smallest absolute Gasteiger partial charge is 0.0480 e. The molecule has 1 aliphatic heterocycles. The summed E-state index contributed by atoms with van der Waals surface area (Å²) in [5.74, 6) is 0.820. The van der Waals surface area contributed by atoms with Gasteiger partial charge in [-0.1, -0.05) is 11.6 Å². The molecule has 2 nitrogen and oxygen atoms in total. The first-order valence-corrected chi connectivity index (χ1v) is 6.49. The first-order valence-electron chi connectivity index (χ1n) is 6.49. The van der Waals surface area contributed by atoms with Crippen LogP contribution >= 0.6 is 0 Å². The van der Waals surface area contributed by atoms with Crippen molar-refractivity contribution in [2.45, 2.75) is 19.8 Å². The van der Waals surface area contributed by atoms with E-state index < -0.39 is 0 Å². The standard InChI is InChI=1S/C15H20N2/c1-11-3-4-15-14(7-11)13(10-17(15)2)8-12-5-6-16-9-12/h3-4,7,10,12,16H,5-6,8-9H2,1-2H3. The van der Waals surface area contributed by atoms with Gasteiger partial charge in [0.2, 0.25) is 0 Å². The molecular formula is C15H20N2. The van der Waals surface area contributed by atoms with Gasteiger partial charge in [-0.3, -0.25) is 0 Å². The van der Waals surface area contributed by atoms with Crippen LogP contribution in [0.3, 0.4) is 0 Å². The molecule has 1 fully saturated rings. The minimum absolute atomic E-state index is 0.820. The normalized spacial score (nSPS) is 20.2. The molecule has 2 heterocycles. The van der Waals surface area contributed by atoms with Crippen molar-refractivity contribution in [3.05, 3.63) is 35.5 Å². The van der Waals surface area contributed by atoms with Crippen LogP contribution in [0.1, 0.15) is 17.5 Å². The molecule has 0 radical (unpaired) electrons. The highest BCUT2D eigenvalue weighted by Gasteiger charge is 2.17. The second-order valence-electron chi connectivity index (χ2n) is 5.35. The average molecular weight is 228 g/mol. The number of aryl methyl sites for hydroxylation is 2. The van der Waals surface area contributed by atoms with Crippen LogP contribution in [0.2, 0.25) is 0 Å². The largest absolute Gasteiger partial charge is 0.350 e. The van der Waals surface area contributed by atoms with Crippen molar-refractivity contribution < 1.29 is 0 Å². The lowest BCUT2D eigenvalue weighted by atomic mass is 9.98. The molecule has 1 aromatic carbocycles. The van der Waals surface area contributed by atoms with Gasteiger partial charge in [-0.2, -0.15) is 0 Å². The minimum Gasteiger partial charge on any atom is -0.350 e. The zero-order valence-electron chi connectivity index (χ0n) is 10.7. The summed E-state index contributed by atoms with van der Waals surface area (Å²) in [5, 5.41) is 4.90. The van der Waals surface area contributed by atoms with Crippen molar-refractivity contribution in [1.29, 1.82) is 0 Å². The quantitative estimate of drug-likeness (QED) is 0.836. The lowest BCUT2D eigenvalue weighted by Gasteiger charge is -2.06. The maximum Gasteiger partial charge on any atom is 0.0480 e. The van der Waals surface area contributed by atoms with Crippen molar-refractivity contribution in [2.24, 2.45) is 13.0 Å². The Morgan fingerprint density at radius 1 is 1.41 bits per heavy atom. The number of nitrogens with zero attached hydrogens (tertiary/aromatic N) is 1. The summed E-state index contributed by atoms with van der Waals surface area (Å²) in [6.45, 7) is 4.55. The molecule has 0 saturated carbocycles. The second kappa shape index (κ2) is 4.19. The van der Waals surface area contributed by atoms with Gasteiger partial charge in [-0.05, 0) is 56.5 Å². The molecule has 17 heavy (non-hydrogen) atoms. The number of nitrogens with one attached hydrogen (secondary N) is 1. The minimum atomic E-state index is 0.820. The van der Waals surface area contributed by atoms with E-state index in [-0.39, 0.29) is 0 Å². The van der Waals surface area contributed by atoms with Crippen molar-refractivity contribution in [3.63, 3.8) is 0 Å². The molecule has 0 aliphatic carbocycles. The topological polar surface area (TPSA) is 17.0 Å². The van der Waals surface area contributed by atoms with Gasteiger partial charge >= 0.3 is 0 Å². The van der Waals surface area contributed by atoms with Gasteiger partial charge in [0.25, 0.3) is 0 Å². The maximum absolute atomic E-state index is 3.45. The van der Waals surface area contributed by atoms with Crippen molar-refractivity contribution in [3.8, 4) is 0 Å². The predicted octanol–water partition coefficient (Wildman–Crippen LogP) is 2.64. The van der Waals surface area contributed by atoms with Gasteiger partial charge in [0.05, 0.1) is 0 Å². The number of hydrogen-bond acceptors (Lipinski definition) is 1. The molecule has 2 heteroatoms. The van der Waals surface area contributed by atoms with Crippen molar-refractivity contribution >= 4 is 10.9 Å². The Morgan fingerprint density at radius 3 is 3.06 bits per heavy atom. The Kier molecular flexibility index (Phi) is 2.67. The number of aromatic nitrogens is 1. The summed E-state index contributed by atoms with van der Waals surface area (Å²) < 4.78 is 2.26. The van der Waals surface area contributed by atoms with Crippen LogP contribution in [0.4, 0.5) is 0 Å². The molecule has 1 aliphatic rings. The molecule has 90 valence electrons. The average Bonchev–Trinajstić information content (AvgIpc) is 2.89. The van der Waals surface area contributed by atoms with E-state index >= 15 is 0 Å². The van der Waals surface area contributed by atoms with E-state index in [2.05, 4.69) is 48.3 Å². The van der Waals surface area contributed by atoms with Crippen LogP contribution in [0.25, 0.3) is 10.9 Å². The van der Waals surface area contributed by atoms with Crippen LogP contribution < -0.4 is 5.32 Å². The molecule has 0 bridgehead atoms. The zero-order valence-corrected chi connectivity index (χ0v) is 10.7. The van der Waals surface area contributed by atoms with Crippen LogP contribution in [-0.4, -0.2) is 17.7 Å². The van der Waals surface area contributed by atoms with Crippen LogP contribution in [0.15, 0.2) is 24.4 Å². The third-order valence-corrected chi connectivity index (χ3v) is 3.90. The van der Waals surface area contributed by atoms with Gasteiger partial charge < -0.3 is 9.88 Å². The highest BCUT2D eigenvalue weighted by molar-refractivity contribution is 5.84. The van der Waals surface area contributed by atoms with E-state index in [0.717, 1.165) is 5.92 Å². The van der Waals surface area contributed by atoms with Crippen LogP contribution in [0.5, 0.6) is 0 Å². The molecule has 0 spiro atoms. The Hall–Kier alpha value is -1.28. The van der Waals surface area contributed by atoms with Crippen molar-refractivity contribution in [2.75, 3.05) is 13.1 Å².